The second-order valence-corrected chi connectivity index (χ2v) is 8.85. The molecule has 7 nitrogen and oxygen atoms in total. The van der Waals surface area contributed by atoms with Gasteiger partial charge in [-0.2, -0.15) is 0 Å². The van der Waals surface area contributed by atoms with Crippen molar-refractivity contribution in [2.75, 3.05) is 11.9 Å². The van der Waals surface area contributed by atoms with Crippen molar-refractivity contribution in [3.05, 3.63) is 50.4 Å². The summed E-state index contributed by atoms with van der Waals surface area (Å²) in [4.78, 5) is 30.7. The van der Waals surface area contributed by atoms with Gasteiger partial charge in [-0.15, -0.1) is 0 Å². The van der Waals surface area contributed by atoms with Gasteiger partial charge >= 0.3 is 5.97 Å². The molecule has 0 saturated carbocycles. The molecule has 0 fully saturated rings. The second-order valence-electron chi connectivity index (χ2n) is 8.00. The summed E-state index contributed by atoms with van der Waals surface area (Å²) in [6.45, 7) is 7.87. The van der Waals surface area contributed by atoms with Crippen LogP contribution in [0.2, 0.25) is 10.0 Å². The fraction of sp³-hybridized carbons (Fsp3) is 0.458. The van der Waals surface area contributed by atoms with Crippen LogP contribution in [0.15, 0.2) is 29.1 Å². The third-order valence-electron chi connectivity index (χ3n) is 5.38. The standard InChI is InChI=1S/C24H30Cl2N4O3/c1-5-8-17(9-6-2)28-20-12-15(4)27-23-22(18-11-10-16(25)13-19(18)26)24(32)29(30(20)23)14-21(31)33-7-3/h10-13,17,28H,5-9,14H2,1-4H3. The first-order chi connectivity index (χ1) is 15.8. The summed E-state index contributed by atoms with van der Waals surface area (Å²) in [5.74, 6) is 0.195. The van der Waals surface area contributed by atoms with Gasteiger partial charge in [0.05, 0.1) is 17.2 Å². The fourth-order valence-electron chi connectivity index (χ4n) is 4.04. The minimum absolute atomic E-state index is 0.223. The smallest absolute Gasteiger partial charge is 0.327 e. The normalized spacial score (nSPS) is 11.4. The molecule has 0 amide bonds. The number of nitrogens with zero attached hydrogens (tertiary/aromatic N) is 3. The van der Waals surface area contributed by atoms with Crippen LogP contribution >= 0.6 is 23.2 Å². The maximum absolute atomic E-state index is 13.6. The molecule has 0 atom stereocenters. The lowest BCUT2D eigenvalue weighted by molar-refractivity contribution is -0.144. The number of ether oxygens (including phenoxy) is 1. The molecule has 33 heavy (non-hydrogen) atoms. The quantitative estimate of drug-likeness (QED) is 0.366. The zero-order valence-corrected chi connectivity index (χ0v) is 21.0. The second kappa shape index (κ2) is 11.1. The van der Waals surface area contributed by atoms with Crippen LogP contribution in [-0.4, -0.2) is 32.8 Å². The Morgan fingerprint density at radius 1 is 1.15 bits per heavy atom. The van der Waals surface area contributed by atoms with Crippen LogP contribution in [0.1, 0.15) is 52.1 Å². The van der Waals surface area contributed by atoms with Gasteiger partial charge < -0.3 is 10.1 Å². The summed E-state index contributed by atoms with van der Waals surface area (Å²) in [5, 5.41) is 4.38. The SMILES string of the molecule is CCCC(CCC)Nc1cc(C)nc2c(-c3ccc(Cl)cc3Cl)c(=O)n(CC(=O)OCC)n12. The van der Waals surface area contributed by atoms with E-state index in [-0.39, 0.29) is 24.8 Å². The van der Waals surface area contributed by atoms with Gasteiger partial charge in [-0.3, -0.25) is 9.59 Å². The molecule has 0 saturated heterocycles. The van der Waals surface area contributed by atoms with Gasteiger partial charge in [0, 0.05) is 28.4 Å². The number of rotatable bonds is 10. The Balaban J connectivity index is 2.30. The van der Waals surface area contributed by atoms with Crippen molar-refractivity contribution in [3.8, 4) is 11.1 Å². The molecular formula is C24H30Cl2N4O3. The lowest BCUT2D eigenvalue weighted by Gasteiger charge is -2.21. The van der Waals surface area contributed by atoms with Gasteiger partial charge in [0.25, 0.3) is 5.56 Å². The molecule has 9 heteroatoms. The molecule has 2 heterocycles. The molecule has 0 spiro atoms. The predicted molar refractivity (Wildman–Crippen MR) is 134 cm³/mol. The number of hydrogen-bond donors (Lipinski definition) is 1. The van der Waals surface area contributed by atoms with Crippen molar-refractivity contribution in [2.24, 2.45) is 0 Å². The number of nitrogens with one attached hydrogen (secondary N) is 1. The van der Waals surface area contributed by atoms with E-state index < -0.39 is 5.97 Å². The van der Waals surface area contributed by atoms with E-state index in [0.29, 0.717) is 32.6 Å². The van der Waals surface area contributed by atoms with Gasteiger partial charge in [-0.25, -0.2) is 14.2 Å². The molecule has 0 aliphatic carbocycles. The predicted octanol–water partition coefficient (Wildman–Crippen LogP) is 5.72. The summed E-state index contributed by atoms with van der Waals surface area (Å²) < 4.78 is 8.16. The van der Waals surface area contributed by atoms with Crippen molar-refractivity contribution in [3.63, 3.8) is 0 Å². The highest BCUT2D eigenvalue weighted by atomic mass is 35.5. The van der Waals surface area contributed by atoms with Crippen LogP contribution < -0.4 is 10.9 Å². The molecule has 0 bridgehead atoms. The minimum atomic E-state index is -0.502. The van der Waals surface area contributed by atoms with Crippen molar-refractivity contribution in [1.29, 1.82) is 0 Å². The molecule has 1 aromatic carbocycles. The highest BCUT2D eigenvalue weighted by Crippen LogP contribution is 2.32. The number of fused-ring (bicyclic) bond motifs is 1. The third-order valence-corrected chi connectivity index (χ3v) is 5.93. The van der Waals surface area contributed by atoms with Crippen LogP contribution in [0.25, 0.3) is 16.8 Å². The van der Waals surface area contributed by atoms with Gasteiger partial charge in [-0.1, -0.05) is 56.0 Å². The molecule has 0 aliphatic heterocycles. The van der Waals surface area contributed by atoms with E-state index in [1.807, 2.05) is 13.0 Å². The Hall–Kier alpha value is -2.51. The van der Waals surface area contributed by atoms with Crippen LogP contribution in [-0.2, 0) is 16.1 Å². The van der Waals surface area contributed by atoms with E-state index in [9.17, 15) is 9.59 Å². The Morgan fingerprint density at radius 2 is 1.85 bits per heavy atom. The van der Waals surface area contributed by atoms with E-state index in [2.05, 4.69) is 24.1 Å². The summed E-state index contributed by atoms with van der Waals surface area (Å²) in [5.41, 5.74) is 1.60. The monoisotopic (exact) mass is 492 g/mol. The number of aryl methyl sites for hydroxylation is 1. The van der Waals surface area contributed by atoms with Crippen LogP contribution in [0.5, 0.6) is 0 Å². The number of carbonyl (C=O) groups is 1. The van der Waals surface area contributed by atoms with E-state index in [1.54, 1.807) is 29.6 Å². The Labute approximate surface area is 203 Å². The number of hydrogen-bond acceptors (Lipinski definition) is 5. The van der Waals surface area contributed by atoms with Crippen LogP contribution in [0.3, 0.4) is 0 Å². The molecule has 178 valence electrons. The molecule has 3 rings (SSSR count). The average Bonchev–Trinajstić information content (AvgIpc) is 3.00. The molecule has 3 aromatic rings. The number of halogens is 2. The number of aromatic nitrogens is 3. The first-order valence-electron chi connectivity index (χ1n) is 11.3. The Morgan fingerprint density at radius 3 is 2.45 bits per heavy atom. The number of esters is 1. The molecular weight excluding hydrogens is 463 g/mol. The van der Waals surface area contributed by atoms with Gasteiger partial charge in [-0.05, 0) is 38.8 Å². The van der Waals surface area contributed by atoms with Crippen molar-refractivity contribution >= 4 is 40.6 Å². The minimum Gasteiger partial charge on any atom is -0.465 e. The summed E-state index contributed by atoms with van der Waals surface area (Å²) >= 11 is 12.5. The van der Waals surface area contributed by atoms with Crippen LogP contribution in [0.4, 0.5) is 5.82 Å². The summed E-state index contributed by atoms with van der Waals surface area (Å²) in [7, 11) is 0. The first kappa shape index (κ1) is 25.1. The number of anilines is 1. The highest BCUT2D eigenvalue weighted by Gasteiger charge is 2.24. The summed E-state index contributed by atoms with van der Waals surface area (Å²) in [6, 6.07) is 7.07. The average molecular weight is 493 g/mol. The topological polar surface area (TPSA) is 77.6 Å². The lowest BCUT2D eigenvalue weighted by Crippen LogP contribution is -2.28. The van der Waals surface area contributed by atoms with E-state index >= 15 is 0 Å². The maximum Gasteiger partial charge on any atom is 0.327 e. The zero-order chi connectivity index (χ0) is 24.1. The molecule has 2 aromatic heterocycles. The van der Waals surface area contributed by atoms with Gasteiger partial charge in [0.2, 0.25) is 0 Å². The fourth-order valence-corrected chi connectivity index (χ4v) is 4.54. The van der Waals surface area contributed by atoms with E-state index in [0.717, 1.165) is 31.4 Å². The zero-order valence-electron chi connectivity index (χ0n) is 19.5. The number of benzene rings is 1. The molecule has 0 aliphatic rings. The molecule has 0 radical (unpaired) electrons. The van der Waals surface area contributed by atoms with Crippen molar-refractivity contribution < 1.29 is 9.53 Å². The van der Waals surface area contributed by atoms with Gasteiger partial charge in [0.1, 0.15) is 12.4 Å². The first-order valence-corrected chi connectivity index (χ1v) is 12.1. The van der Waals surface area contributed by atoms with Gasteiger partial charge in [0.15, 0.2) is 5.65 Å². The molecule has 0 unspecified atom stereocenters. The van der Waals surface area contributed by atoms with E-state index in [1.165, 1.54) is 4.68 Å². The summed E-state index contributed by atoms with van der Waals surface area (Å²) in [6.07, 6.45) is 4.02. The molecule has 1 N–H and O–H groups in total. The largest absolute Gasteiger partial charge is 0.465 e. The lowest BCUT2D eigenvalue weighted by atomic mass is 10.1. The van der Waals surface area contributed by atoms with Crippen molar-refractivity contribution in [1.82, 2.24) is 14.2 Å². The van der Waals surface area contributed by atoms with Crippen molar-refractivity contribution in [2.45, 2.75) is 66.0 Å². The van der Waals surface area contributed by atoms with Crippen LogP contribution in [0, 0.1) is 6.92 Å². The maximum atomic E-state index is 13.6. The Bertz CT molecular complexity index is 1200. The highest BCUT2D eigenvalue weighted by molar-refractivity contribution is 6.36. The third kappa shape index (κ3) is 5.53. The Kier molecular flexibility index (Phi) is 8.43. The van der Waals surface area contributed by atoms with E-state index in [4.69, 9.17) is 27.9 Å². The number of carbonyl (C=O) groups excluding carboxylic acids is 1.